The number of anilines is 1. The zero-order valence-electron chi connectivity index (χ0n) is 17.3. The molecule has 5 rings (SSSR count). The van der Waals surface area contributed by atoms with Crippen LogP contribution in [0.2, 0.25) is 0 Å². The first-order valence-corrected chi connectivity index (χ1v) is 10.7. The number of nitrogens with zero attached hydrogens (tertiary/aromatic N) is 5. The first-order chi connectivity index (χ1) is 15.1. The van der Waals surface area contributed by atoms with Crippen molar-refractivity contribution in [3.8, 4) is 11.5 Å². The molecule has 1 unspecified atom stereocenters. The van der Waals surface area contributed by atoms with Gasteiger partial charge in [-0.3, -0.25) is 4.90 Å². The third-order valence-electron chi connectivity index (χ3n) is 5.77. The van der Waals surface area contributed by atoms with E-state index in [9.17, 15) is 4.39 Å². The van der Waals surface area contributed by atoms with Crippen LogP contribution in [0.5, 0.6) is 11.5 Å². The first-order valence-electron chi connectivity index (χ1n) is 10.3. The van der Waals surface area contributed by atoms with Crippen LogP contribution in [0.25, 0.3) is 0 Å². The highest BCUT2D eigenvalue weighted by Crippen LogP contribution is 2.35. The highest BCUT2D eigenvalue weighted by Gasteiger charge is 2.28. The molecule has 0 aliphatic carbocycles. The van der Waals surface area contributed by atoms with E-state index in [0.29, 0.717) is 29.5 Å². The molecule has 2 aliphatic heterocycles. The number of ether oxygens (including phenoxy) is 2. The molecule has 0 bridgehead atoms. The van der Waals surface area contributed by atoms with Gasteiger partial charge in [-0.2, -0.15) is 5.10 Å². The van der Waals surface area contributed by atoms with Crippen molar-refractivity contribution < 1.29 is 13.9 Å². The topological polar surface area (TPSA) is 47.7 Å². The maximum atomic E-state index is 14.1. The predicted octanol–water partition coefficient (Wildman–Crippen LogP) is 3.38. The molecule has 3 aromatic rings. The molecule has 2 aliphatic rings. The lowest BCUT2D eigenvalue weighted by atomic mass is 10.2. The Morgan fingerprint density at radius 1 is 1.03 bits per heavy atom. The van der Waals surface area contributed by atoms with Gasteiger partial charge < -0.3 is 18.9 Å². The van der Waals surface area contributed by atoms with Crippen LogP contribution in [0.3, 0.4) is 0 Å². The van der Waals surface area contributed by atoms with E-state index in [1.165, 1.54) is 6.07 Å². The molecule has 0 saturated carbocycles. The van der Waals surface area contributed by atoms with Gasteiger partial charge in [-0.1, -0.05) is 24.3 Å². The Morgan fingerprint density at radius 2 is 1.74 bits per heavy atom. The first kappa shape index (κ1) is 20.0. The lowest BCUT2D eigenvalue weighted by Gasteiger charge is -2.35. The number of piperazine rings is 1. The highest BCUT2D eigenvalue weighted by atomic mass is 32.1. The average Bonchev–Trinajstić information content (AvgIpc) is 3.08. The van der Waals surface area contributed by atoms with Crippen molar-refractivity contribution in [3.63, 3.8) is 0 Å². The highest BCUT2D eigenvalue weighted by molar-refractivity contribution is 7.71. The van der Waals surface area contributed by atoms with Crippen LogP contribution in [-0.4, -0.2) is 52.0 Å². The molecule has 162 valence electrons. The number of rotatable bonds is 4. The van der Waals surface area contributed by atoms with Gasteiger partial charge in [0, 0.05) is 33.2 Å². The van der Waals surface area contributed by atoms with Crippen molar-refractivity contribution in [2.75, 3.05) is 37.7 Å². The second-order valence-corrected chi connectivity index (χ2v) is 8.13. The maximum Gasteiger partial charge on any atom is 0.198 e. The number of hydrogen-bond acceptors (Lipinski definition) is 6. The number of para-hydroxylation sites is 3. The van der Waals surface area contributed by atoms with E-state index >= 15 is 0 Å². The zero-order chi connectivity index (χ0) is 21.4. The quantitative estimate of drug-likeness (QED) is 0.579. The molecule has 1 saturated heterocycles. The summed E-state index contributed by atoms with van der Waals surface area (Å²) in [6.45, 7) is 4.09. The molecule has 1 fully saturated rings. The molecule has 9 heteroatoms. The Kier molecular flexibility index (Phi) is 5.37. The summed E-state index contributed by atoms with van der Waals surface area (Å²) in [4.78, 5) is 4.36. The van der Waals surface area contributed by atoms with Crippen molar-refractivity contribution in [2.45, 2.75) is 12.8 Å². The summed E-state index contributed by atoms with van der Waals surface area (Å²) in [6, 6.07) is 14.5. The smallest absolute Gasteiger partial charge is 0.198 e. The Labute approximate surface area is 185 Å². The second-order valence-electron chi connectivity index (χ2n) is 7.76. The number of hydrogen-bond donors (Lipinski definition) is 0. The van der Waals surface area contributed by atoms with Gasteiger partial charge in [-0.15, -0.1) is 0 Å². The van der Waals surface area contributed by atoms with Gasteiger partial charge in [0.25, 0.3) is 0 Å². The van der Waals surface area contributed by atoms with Crippen molar-refractivity contribution in [3.05, 3.63) is 64.9 Å². The maximum absolute atomic E-state index is 14.1. The summed E-state index contributed by atoms with van der Waals surface area (Å²) in [5.41, 5.74) is 0.661. The molecular formula is C22H24FN5O2S. The molecule has 0 spiro atoms. The van der Waals surface area contributed by atoms with Gasteiger partial charge in [0.1, 0.15) is 12.4 Å². The Hall–Kier alpha value is -2.91. The average molecular weight is 442 g/mol. The van der Waals surface area contributed by atoms with Gasteiger partial charge in [-0.05, 0) is 36.5 Å². The Morgan fingerprint density at radius 3 is 2.52 bits per heavy atom. The third-order valence-corrected chi connectivity index (χ3v) is 6.26. The molecular weight excluding hydrogens is 417 g/mol. The van der Waals surface area contributed by atoms with E-state index in [2.05, 4.69) is 9.80 Å². The largest absolute Gasteiger partial charge is 0.485 e. The molecule has 0 radical (unpaired) electrons. The summed E-state index contributed by atoms with van der Waals surface area (Å²) < 4.78 is 30.4. The van der Waals surface area contributed by atoms with E-state index in [-0.39, 0.29) is 11.9 Å². The summed E-state index contributed by atoms with van der Waals surface area (Å²) >= 11 is 5.63. The SMILES string of the molecule is Cn1c(C2COc3ccccc3O2)nn(CN2CCN(c3ccccc3F)CC2)c1=S. The molecule has 0 N–H and O–H groups in total. The van der Waals surface area contributed by atoms with E-state index < -0.39 is 0 Å². The van der Waals surface area contributed by atoms with Gasteiger partial charge in [0.05, 0.1) is 12.4 Å². The van der Waals surface area contributed by atoms with Crippen LogP contribution in [0, 0.1) is 10.6 Å². The van der Waals surface area contributed by atoms with E-state index in [1.54, 1.807) is 6.07 Å². The van der Waals surface area contributed by atoms with Gasteiger partial charge in [-0.25, -0.2) is 9.07 Å². The summed E-state index contributed by atoms with van der Waals surface area (Å²) in [6.07, 6.45) is -0.319. The number of benzene rings is 2. The minimum Gasteiger partial charge on any atom is -0.485 e. The number of halogens is 1. The van der Waals surface area contributed by atoms with Crippen molar-refractivity contribution in [1.29, 1.82) is 0 Å². The van der Waals surface area contributed by atoms with Crippen molar-refractivity contribution in [2.24, 2.45) is 7.05 Å². The minimum absolute atomic E-state index is 0.177. The fourth-order valence-electron chi connectivity index (χ4n) is 4.05. The van der Waals surface area contributed by atoms with Crippen LogP contribution in [0.1, 0.15) is 11.9 Å². The zero-order valence-corrected chi connectivity index (χ0v) is 18.1. The standard InChI is InChI=1S/C22H24FN5O2S/c1-25-21(20-14-29-18-8-4-5-9-19(18)30-20)24-28(22(25)31)15-26-10-12-27(13-11-26)17-7-3-2-6-16(17)23/h2-9,20H,10-15H2,1H3. The predicted molar refractivity (Wildman–Crippen MR) is 118 cm³/mol. The Bertz CT molecular complexity index is 1140. The van der Waals surface area contributed by atoms with E-state index in [1.807, 2.05) is 52.7 Å². The van der Waals surface area contributed by atoms with Gasteiger partial charge >= 0.3 is 0 Å². The molecule has 1 aromatic heterocycles. The van der Waals surface area contributed by atoms with Crippen LogP contribution >= 0.6 is 12.2 Å². The monoisotopic (exact) mass is 441 g/mol. The molecule has 0 amide bonds. The fourth-order valence-corrected chi connectivity index (χ4v) is 4.24. The van der Waals surface area contributed by atoms with Crippen LogP contribution in [0.4, 0.5) is 10.1 Å². The number of aromatic nitrogens is 3. The molecule has 1 atom stereocenters. The van der Waals surface area contributed by atoms with Crippen molar-refractivity contribution >= 4 is 17.9 Å². The molecule has 2 aromatic carbocycles. The van der Waals surface area contributed by atoms with E-state index in [0.717, 1.165) is 37.8 Å². The third kappa shape index (κ3) is 3.90. The summed E-state index contributed by atoms with van der Waals surface area (Å²) in [5.74, 6) is 2.02. The number of fused-ring (bicyclic) bond motifs is 1. The lowest BCUT2D eigenvalue weighted by molar-refractivity contribution is 0.0820. The van der Waals surface area contributed by atoms with E-state index in [4.69, 9.17) is 26.8 Å². The second kappa shape index (κ2) is 8.32. The van der Waals surface area contributed by atoms with Crippen LogP contribution in [-0.2, 0) is 13.7 Å². The fraction of sp³-hybridized carbons (Fsp3) is 0.364. The molecule has 31 heavy (non-hydrogen) atoms. The van der Waals surface area contributed by atoms with Gasteiger partial charge in [0.15, 0.2) is 28.2 Å². The summed E-state index contributed by atoms with van der Waals surface area (Å²) in [7, 11) is 1.90. The minimum atomic E-state index is -0.319. The normalized spacial score (nSPS) is 18.9. The van der Waals surface area contributed by atoms with Crippen LogP contribution in [0.15, 0.2) is 48.5 Å². The summed E-state index contributed by atoms with van der Waals surface area (Å²) in [5, 5.41) is 4.75. The lowest BCUT2D eigenvalue weighted by Crippen LogP contribution is -2.47. The van der Waals surface area contributed by atoms with Crippen molar-refractivity contribution in [1.82, 2.24) is 19.2 Å². The Balaban J connectivity index is 1.26. The molecule has 3 heterocycles. The molecule has 7 nitrogen and oxygen atoms in total. The van der Waals surface area contributed by atoms with Crippen LogP contribution < -0.4 is 14.4 Å². The van der Waals surface area contributed by atoms with Gasteiger partial charge in [0.2, 0.25) is 0 Å².